The summed E-state index contributed by atoms with van der Waals surface area (Å²) in [5.74, 6) is 0.00461. The van der Waals surface area contributed by atoms with E-state index in [2.05, 4.69) is 26.6 Å². The Kier molecular flexibility index (Phi) is 4.78. The molecule has 0 aliphatic rings. The van der Waals surface area contributed by atoms with Crippen molar-refractivity contribution in [1.29, 1.82) is 0 Å². The number of likely N-dealkylation sites (N-methyl/N-ethyl adjacent to an activating group) is 1. The van der Waals surface area contributed by atoms with Crippen LogP contribution < -0.4 is 10.6 Å². The second-order valence-corrected chi connectivity index (χ2v) is 4.29. The molecule has 0 aromatic heterocycles. The number of hydrogen-bond donors (Lipinski definition) is 2. The van der Waals surface area contributed by atoms with E-state index in [1.165, 1.54) is 0 Å². The van der Waals surface area contributed by atoms with Gasteiger partial charge in [0.15, 0.2) is 0 Å². The van der Waals surface area contributed by atoms with Crippen molar-refractivity contribution >= 4 is 21.8 Å². The minimum atomic E-state index is 0.00461. The number of rotatable bonds is 4. The van der Waals surface area contributed by atoms with Crippen molar-refractivity contribution in [2.45, 2.75) is 13.0 Å². The number of benzene rings is 1. The highest BCUT2D eigenvalue weighted by Gasteiger charge is 2.08. The maximum atomic E-state index is 11.3. The molecule has 1 aromatic carbocycles. The first-order chi connectivity index (χ1) is 7.13. The molecule has 3 nitrogen and oxygen atoms in total. The van der Waals surface area contributed by atoms with E-state index in [1.54, 1.807) is 7.05 Å². The van der Waals surface area contributed by atoms with Gasteiger partial charge < -0.3 is 10.6 Å². The highest BCUT2D eigenvalue weighted by atomic mass is 79.9. The molecule has 0 spiro atoms. The van der Waals surface area contributed by atoms with Gasteiger partial charge in [0.25, 0.3) is 0 Å². The van der Waals surface area contributed by atoms with Gasteiger partial charge in [0.1, 0.15) is 0 Å². The fourth-order valence-electron chi connectivity index (χ4n) is 1.31. The van der Waals surface area contributed by atoms with Gasteiger partial charge in [-0.15, -0.1) is 0 Å². The van der Waals surface area contributed by atoms with Crippen molar-refractivity contribution < 1.29 is 4.79 Å². The topological polar surface area (TPSA) is 41.1 Å². The van der Waals surface area contributed by atoms with Gasteiger partial charge in [0.2, 0.25) is 5.91 Å². The molecule has 15 heavy (non-hydrogen) atoms. The molecule has 0 heterocycles. The Hall–Kier alpha value is -0.870. The maximum absolute atomic E-state index is 11.3. The van der Waals surface area contributed by atoms with Crippen molar-refractivity contribution in [3.8, 4) is 0 Å². The van der Waals surface area contributed by atoms with Gasteiger partial charge in [-0.25, -0.2) is 0 Å². The molecule has 0 bridgehead atoms. The third-order valence-electron chi connectivity index (χ3n) is 2.06. The molecule has 0 fully saturated rings. The molecule has 0 saturated carbocycles. The van der Waals surface area contributed by atoms with Crippen molar-refractivity contribution in [3.05, 3.63) is 34.3 Å². The van der Waals surface area contributed by atoms with E-state index in [-0.39, 0.29) is 11.9 Å². The van der Waals surface area contributed by atoms with Crippen LogP contribution in [0, 0.1) is 0 Å². The molecular formula is C11H15BrN2O. The monoisotopic (exact) mass is 270 g/mol. The summed E-state index contributed by atoms with van der Waals surface area (Å²) in [5, 5.41) is 5.72. The second-order valence-electron chi connectivity index (χ2n) is 3.37. The predicted octanol–water partition coefficient (Wildman–Crippen LogP) is 1.85. The van der Waals surface area contributed by atoms with E-state index in [4.69, 9.17) is 0 Å². The van der Waals surface area contributed by atoms with Crippen molar-refractivity contribution in [3.63, 3.8) is 0 Å². The Labute approximate surface area is 98.4 Å². The Morgan fingerprint density at radius 3 is 2.87 bits per heavy atom. The fraction of sp³-hybridized carbons (Fsp3) is 0.364. The van der Waals surface area contributed by atoms with E-state index in [0.717, 1.165) is 10.0 Å². The predicted molar refractivity (Wildman–Crippen MR) is 64.6 cm³/mol. The molecule has 0 saturated heterocycles. The van der Waals surface area contributed by atoms with Crippen LogP contribution in [-0.4, -0.2) is 19.5 Å². The molecule has 0 aliphatic heterocycles. The van der Waals surface area contributed by atoms with Gasteiger partial charge in [-0.3, -0.25) is 4.79 Å². The lowest BCUT2D eigenvalue weighted by atomic mass is 10.1. The first kappa shape index (κ1) is 12.2. The zero-order valence-corrected chi connectivity index (χ0v) is 10.5. The molecule has 1 aromatic rings. The van der Waals surface area contributed by atoms with Gasteiger partial charge in [0, 0.05) is 4.47 Å². The van der Waals surface area contributed by atoms with Crippen LogP contribution in [0.4, 0.5) is 0 Å². The van der Waals surface area contributed by atoms with Gasteiger partial charge in [0.05, 0.1) is 12.6 Å². The lowest BCUT2D eigenvalue weighted by Crippen LogP contribution is -2.33. The number of carbonyl (C=O) groups excluding carboxylic acids is 1. The summed E-state index contributed by atoms with van der Waals surface area (Å²) in [6.45, 7) is 2.31. The van der Waals surface area contributed by atoms with Crippen LogP contribution in [0.5, 0.6) is 0 Å². The first-order valence-electron chi connectivity index (χ1n) is 4.83. The molecular weight excluding hydrogens is 256 g/mol. The number of hydrogen-bond acceptors (Lipinski definition) is 2. The normalized spacial score (nSPS) is 12.2. The molecule has 2 N–H and O–H groups in total. The molecule has 0 aliphatic carbocycles. The Bertz CT molecular complexity index is 341. The lowest BCUT2D eigenvalue weighted by molar-refractivity contribution is -0.120. The molecule has 1 atom stereocenters. The van der Waals surface area contributed by atoms with Crippen molar-refractivity contribution in [1.82, 2.24) is 10.6 Å². The van der Waals surface area contributed by atoms with Crippen LogP contribution in [-0.2, 0) is 4.79 Å². The van der Waals surface area contributed by atoms with E-state index in [1.807, 2.05) is 31.2 Å². The molecule has 1 rings (SSSR count). The molecule has 82 valence electrons. The zero-order chi connectivity index (χ0) is 11.3. The Morgan fingerprint density at radius 2 is 2.27 bits per heavy atom. The van der Waals surface area contributed by atoms with Gasteiger partial charge in [-0.1, -0.05) is 28.1 Å². The summed E-state index contributed by atoms with van der Waals surface area (Å²) in [6.07, 6.45) is 0. The summed E-state index contributed by atoms with van der Waals surface area (Å²) in [5.41, 5.74) is 1.09. The standard InChI is InChI=1S/C11H15BrN2O/c1-8(14-11(15)7-13-2)9-4-3-5-10(12)6-9/h3-6,8,13H,7H2,1-2H3,(H,14,15). The highest BCUT2D eigenvalue weighted by molar-refractivity contribution is 9.10. The molecule has 0 radical (unpaired) electrons. The van der Waals surface area contributed by atoms with Crippen LogP contribution in [0.2, 0.25) is 0 Å². The van der Waals surface area contributed by atoms with E-state index in [9.17, 15) is 4.79 Å². The van der Waals surface area contributed by atoms with E-state index >= 15 is 0 Å². The SMILES string of the molecule is CNCC(=O)NC(C)c1cccc(Br)c1. The summed E-state index contributed by atoms with van der Waals surface area (Å²) >= 11 is 3.40. The summed E-state index contributed by atoms with van der Waals surface area (Å²) in [6, 6.07) is 7.95. The third-order valence-corrected chi connectivity index (χ3v) is 2.56. The van der Waals surface area contributed by atoms with Gasteiger partial charge >= 0.3 is 0 Å². The zero-order valence-electron chi connectivity index (χ0n) is 8.88. The first-order valence-corrected chi connectivity index (χ1v) is 5.62. The number of halogens is 1. The average Bonchev–Trinajstić information content (AvgIpc) is 2.18. The minimum absolute atomic E-state index is 0.00461. The van der Waals surface area contributed by atoms with Crippen LogP contribution >= 0.6 is 15.9 Å². The maximum Gasteiger partial charge on any atom is 0.234 e. The smallest absolute Gasteiger partial charge is 0.234 e. The lowest BCUT2D eigenvalue weighted by Gasteiger charge is -2.14. The van der Waals surface area contributed by atoms with Gasteiger partial charge in [-0.2, -0.15) is 0 Å². The number of amides is 1. The molecule has 1 unspecified atom stereocenters. The summed E-state index contributed by atoms with van der Waals surface area (Å²) in [4.78, 5) is 11.3. The Balaban J connectivity index is 2.60. The van der Waals surface area contributed by atoms with Crippen LogP contribution in [0.15, 0.2) is 28.7 Å². The van der Waals surface area contributed by atoms with Crippen molar-refractivity contribution in [2.75, 3.05) is 13.6 Å². The van der Waals surface area contributed by atoms with Crippen LogP contribution in [0.3, 0.4) is 0 Å². The van der Waals surface area contributed by atoms with Gasteiger partial charge in [-0.05, 0) is 31.7 Å². The summed E-state index contributed by atoms with van der Waals surface area (Å²) < 4.78 is 1.02. The minimum Gasteiger partial charge on any atom is -0.348 e. The number of nitrogens with one attached hydrogen (secondary N) is 2. The van der Waals surface area contributed by atoms with E-state index < -0.39 is 0 Å². The average molecular weight is 271 g/mol. The quantitative estimate of drug-likeness (QED) is 0.877. The molecule has 1 amide bonds. The molecule has 4 heteroatoms. The largest absolute Gasteiger partial charge is 0.348 e. The number of carbonyl (C=O) groups is 1. The van der Waals surface area contributed by atoms with Crippen LogP contribution in [0.1, 0.15) is 18.5 Å². The van der Waals surface area contributed by atoms with Crippen LogP contribution in [0.25, 0.3) is 0 Å². The van der Waals surface area contributed by atoms with Crippen molar-refractivity contribution in [2.24, 2.45) is 0 Å². The third kappa shape index (κ3) is 4.01. The fourth-order valence-corrected chi connectivity index (χ4v) is 1.73. The van der Waals surface area contributed by atoms with E-state index in [0.29, 0.717) is 6.54 Å². The second kappa shape index (κ2) is 5.88. The Morgan fingerprint density at radius 1 is 1.53 bits per heavy atom. The highest BCUT2D eigenvalue weighted by Crippen LogP contribution is 2.17. The summed E-state index contributed by atoms with van der Waals surface area (Å²) in [7, 11) is 1.75.